The number of methoxy groups -OCH3 is 20. The molecule has 0 aromatic rings. The molecule has 38 atom stereocenters. The van der Waals surface area contributed by atoms with E-state index in [9.17, 15) is 24.6 Å². The number of hydrogen-bond donors (Lipinski definition) is 4. The van der Waals surface area contributed by atoms with E-state index in [2.05, 4.69) is 24.5 Å². The van der Waals surface area contributed by atoms with Crippen molar-refractivity contribution in [2.75, 3.05) is 195 Å². The van der Waals surface area contributed by atoms with Gasteiger partial charge in [0.1, 0.15) is 184 Å². The quantitative estimate of drug-likeness (QED) is 0.0383. The Morgan fingerprint density at radius 1 is 0.257 bits per heavy atom. The molecule has 0 saturated carbocycles. The third-order valence-electron chi connectivity index (χ3n) is 28.0. The molecule has 38 unspecified atom stereocenters. The minimum Gasteiger partial charge on any atom is -0.463 e. The molecule has 0 aromatic carbocycles. The number of hydrogen-bond acceptors (Lipinski definition) is 40. The summed E-state index contributed by atoms with van der Waals surface area (Å²) in [5, 5.41) is 29.2. The van der Waals surface area contributed by atoms with Gasteiger partial charge in [-0.25, -0.2) is 0 Å². The first-order valence-corrected chi connectivity index (χ1v) is 50.7. The fraction of sp³-hybridized carbons (Fsp3) is 0.969. The summed E-state index contributed by atoms with van der Waals surface area (Å²) < 4.78 is 230. The Balaban J connectivity index is 1.14. The van der Waals surface area contributed by atoms with E-state index in [0.717, 1.165) is 51.4 Å². The molecule has 21 aliphatic rings. The van der Waals surface area contributed by atoms with Crippen LogP contribution >= 0.6 is 0 Å². The van der Waals surface area contributed by atoms with Gasteiger partial charge in [-0.3, -0.25) is 14.4 Å². The molecule has 0 aromatic heterocycles. The van der Waals surface area contributed by atoms with E-state index in [0.29, 0.717) is 12.8 Å². The van der Waals surface area contributed by atoms with Crippen LogP contribution in [-0.4, -0.2) is 456 Å². The maximum absolute atomic E-state index is 14.7. The molecule has 14 bridgehead atoms. The second-order valence-corrected chi connectivity index (χ2v) is 37.2. The van der Waals surface area contributed by atoms with Crippen LogP contribution in [0, 0.1) is 0 Å². The summed E-state index contributed by atoms with van der Waals surface area (Å²) in [6.07, 6.45) is -18.0. The van der Waals surface area contributed by atoms with E-state index in [1.165, 1.54) is 226 Å². The van der Waals surface area contributed by atoms with Crippen molar-refractivity contribution in [1.82, 2.24) is 10.6 Å². The Labute approximate surface area is 830 Å². The van der Waals surface area contributed by atoms with E-state index < -0.39 is 270 Å². The monoisotopic (exact) mass is 2020 g/mol. The summed E-state index contributed by atoms with van der Waals surface area (Å²) in [7, 11) is 29.5. The Bertz CT molecular complexity index is 3240. The maximum atomic E-state index is 14.7. The van der Waals surface area contributed by atoms with Gasteiger partial charge in [0.25, 0.3) is 0 Å². The van der Waals surface area contributed by atoms with Crippen molar-refractivity contribution in [3.05, 3.63) is 0 Å². The van der Waals surface area contributed by atoms with Crippen LogP contribution in [0.3, 0.4) is 0 Å². The fourth-order valence-electron chi connectivity index (χ4n) is 20.6. The van der Waals surface area contributed by atoms with Crippen molar-refractivity contribution in [2.24, 2.45) is 0 Å². The van der Waals surface area contributed by atoms with Gasteiger partial charge in [-0.15, -0.1) is 0 Å². The fourth-order valence-corrected chi connectivity index (χ4v) is 20.6. The molecule has 140 heavy (non-hydrogen) atoms. The Morgan fingerprint density at radius 3 is 0.707 bits per heavy atom. The number of carbonyl (C=O) groups is 3. The molecule has 21 rings (SSSR count). The number of aliphatic hydroxyl groups excluding tert-OH is 2. The molecule has 2 amide bonds. The SMILES string of the molecule is CCCCCCCCCCCCCCC(O)C(O)C(COC(=O)CCCCCCCCCCCCC)NC(=O)CCC(=O)NCC1OC2OC3C(COC)OC(OC4C(COC)OC(OC5C(COC)OC(OC6C(COC)OC(OC7C(COC)OC(OC8C(COC)OC(OC1C(OC)C2OC)C(OC)C8OC)C(OC)C7OC)C(OC)C6OC)C(OC)C5OC)C(OC)C4OC)C(OC)C3OC. The number of aliphatic hydroxyl groups is 2. The van der Waals surface area contributed by atoms with Gasteiger partial charge in [-0.05, 0) is 12.8 Å². The van der Waals surface area contributed by atoms with Crippen LogP contribution < -0.4 is 10.6 Å². The van der Waals surface area contributed by atoms with E-state index >= 15 is 0 Å². The predicted molar refractivity (Wildman–Crippen MR) is 501 cm³/mol. The number of ether oxygens (including phenoxy) is 35. The van der Waals surface area contributed by atoms with Crippen LogP contribution in [0.4, 0.5) is 0 Å². The molecule has 4 N–H and O–H groups in total. The lowest BCUT2D eigenvalue weighted by Crippen LogP contribution is -2.69. The summed E-state index contributed by atoms with van der Waals surface area (Å²) in [4.78, 5) is 42.5. The van der Waals surface area contributed by atoms with Gasteiger partial charge in [0.15, 0.2) is 44.0 Å². The van der Waals surface area contributed by atoms with E-state index in [-0.39, 0.29) is 59.0 Å². The highest BCUT2D eigenvalue weighted by Crippen LogP contribution is 2.44. The minimum absolute atomic E-state index is 0.0798. The second-order valence-electron chi connectivity index (χ2n) is 37.2. The zero-order chi connectivity index (χ0) is 102. The molecular formula is C98H178N2O40. The summed E-state index contributed by atoms with van der Waals surface area (Å²) in [6.45, 7) is 2.98. The first kappa shape index (κ1) is 122. The predicted octanol–water partition coefficient (Wildman–Crippen LogP) is 6.30. The lowest BCUT2D eigenvalue weighted by Gasteiger charge is -2.52. The summed E-state index contributed by atoms with van der Waals surface area (Å²) >= 11 is 0. The standard InChI is InChI=1S/C98H178N2O40/c1-23-25-27-29-31-33-35-37-38-40-42-44-46-59(101)70(105)58(51-126-69(104)47-45-43-41-39-36-34-32-30-28-26-24-2)100-68(103)49-48-67(102)99-50-60-71-78(112-9)85(119-16)92(127-60)135-72-61(52-106-3)129-94(87(121-18)79(72)113-10)137-74-63(54-108-5)131-96(89(123-20)81(74)115-12)139-76-65(56-110-7)133-98(91(125-22)83(76)117-14)140-77-66(57-111-8)132-97(90(124-21)84(77)118-15)138-75-64(55-109-6)130-95(88(122-19)82(75)116-13)136-73-62(53-107-4)128-93(134-71)86(120-17)80(73)114-11/h58-66,70-98,101,105H,23-57H2,1-22H3,(H,99,102)(H,100,103). The topological polar surface area (TPSA) is 439 Å². The van der Waals surface area contributed by atoms with Gasteiger partial charge in [0.2, 0.25) is 11.8 Å². The highest BCUT2D eigenvalue weighted by molar-refractivity contribution is 5.84. The maximum Gasteiger partial charge on any atom is 0.305 e. The summed E-state index contributed by atoms with van der Waals surface area (Å²) in [6, 6.07) is -1.23. The van der Waals surface area contributed by atoms with Crippen molar-refractivity contribution in [3.8, 4) is 0 Å². The van der Waals surface area contributed by atoms with Crippen LogP contribution in [0.2, 0.25) is 0 Å². The van der Waals surface area contributed by atoms with Gasteiger partial charge in [0, 0.05) is 168 Å². The van der Waals surface area contributed by atoms with Crippen molar-refractivity contribution in [2.45, 2.75) is 420 Å². The highest BCUT2D eigenvalue weighted by atomic mass is 16.8. The lowest BCUT2D eigenvalue weighted by molar-refractivity contribution is -0.402. The van der Waals surface area contributed by atoms with Gasteiger partial charge in [0.05, 0.1) is 51.8 Å². The van der Waals surface area contributed by atoms with E-state index in [4.69, 9.17) is 166 Å². The number of esters is 1. The van der Waals surface area contributed by atoms with Crippen LogP contribution in [0.1, 0.15) is 187 Å². The number of rotatable bonds is 61. The van der Waals surface area contributed by atoms with Crippen molar-refractivity contribution in [1.29, 1.82) is 0 Å². The van der Waals surface area contributed by atoms with Gasteiger partial charge >= 0.3 is 5.97 Å². The Morgan fingerprint density at radius 2 is 0.471 bits per heavy atom. The van der Waals surface area contributed by atoms with Crippen molar-refractivity contribution >= 4 is 17.8 Å². The molecule has 21 aliphatic heterocycles. The number of amides is 2. The smallest absolute Gasteiger partial charge is 0.305 e. The molecule has 42 heteroatoms. The Kier molecular flexibility index (Phi) is 58.7. The van der Waals surface area contributed by atoms with Crippen molar-refractivity contribution < 1.29 is 190 Å². The third kappa shape index (κ3) is 34.5. The van der Waals surface area contributed by atoms with Gasteiger partial charge in [-0.2, -0.15) is 0 Å². The van der Waals surface area contributed by atoms with Crippen LogP contribution in [0.5, 0.6) is 0 Å². The number of carbonyl (C=O) groups excluding carboxylic acids is 3. The zero-order valence-electron chi connectivity index (χ0n) is 87.6. The van der Waals surface area contributed by atoms with E-state index in [1.54, 1.807) is 0 Å². The number of nitrogens with one attached hydrogen (secondary N) is 2. The molecule has 21 fully saturated rings. The van der Waals surface area contributed by atoms with Gasteiger partial charge < -0.3 is 187 Å². The molecule has 0 aliphatic carbocycles. The normalized spacial score (nSPS) is 36.4. The Hall–Kier alpha value is -3.03. The molecule has 820 valence electrons. The van der Waals surface area contributed by atoms with Crippen molar-refractivity contribution in [3.63, 3.8) is 0 Å². The zero-order valence-corrected chi connectivity index (χ0v) is 87.6. The molecule has 21 saturated heterocycles. The van der Waals surface area contributed by atoms with E-state index in [1.807, 2.05) is 0 Å². The minimum atomic E-state index is -1.53. The molecule has 21 heterocycles. The molecular weight excluding hydrogens is 1850 g/mol. The first-order valence-electron chi connectivity index (χ1n) is 50.7. The third-order valence-corrected chi connectivity index (χ3v) is 28.0. The second kappa shape index (κ2) is 67.2. The summed E-state index contributed by atoms with van der Waals surface area (Å²) in [5.41, 5.74) is 0. The van der Waals surface area contributed by atoms with Crippen LogP contribution in [0.15, 0.2) is 0 Å². The molecule has 0 radical (unpaired) electrons. The van der Waals surface area contributed by atoms with Crippen LogP contribution in [0.25, 0.3) is 0 Å². The average molecular weight is 2020 g/mol. The highest BCUT2D eigenvalue weighted by Gasteiger charge is 2.63. The largest absolute Gasteiger partial charge is 0.463 e. The number of unbranched alkanes of at least 4 members (excludes halogenated alkanes) is 21. The molecule has 0 spiro atoms. The lowest BCUT2D eigenvalue weighted by atomic mass is 9.94. The average Bonchev–Trinajstić information content (AvgIpc) is 0.772. The first-order chi connectivity index (χ1) is 68.1. The van der Waals surface area contributed by atoms with Gasteiger partial charge in [-0.1, -0.05) is 155 Å². The van der Waals surface area contributed by atoms with Crippen LogP contribution in [-0.2, 0) is 180 Å². The molecule has 42 nitrogen and oxygen atoms in total. The summed E-state index contributed by atoms with van der Waals surface area (Å²) in [5.74, 6) is -1.79.